The molecular formula is C37H51N7O6S. The molecule has 2 bridgehead atoms. The first-order valence-electron chi connectivity index (χ1n) is 18.2. The average Bonchev–Trinajstić information content (AvgIpc) is 3.88. The summed E-state index contributed by atoms with van der Waals surface area (Å²) < 4.78 is 11.4. The molecule has 4 amide bonds. The summed E-state index contributed by atoms with van der Waals surface area (Å²) in [5.41, 5.74) is 0.269. The lowest BCUT2D eigenvalue weighted by atomic mass is 10.0. The number of benzene rings is 1. The summed E-state index contributed by atoms with van der Waals surface area (Å²) in [4.78, 5) is 68.7. The van der Waals surface area contributed by atoms with Crippen molar-refractivity contribution in [3.8, 4) is 5.75 Å². The SMILES string of the molecule is Cc1ncc(C[C@H]2C(=O)NCCCCCCCCc3nc(no3)COc3ccccc3C(=O)N[C@H](CC(C)C)C(=O)N3CCC[C@@H]3C(=O)N2C)s1. The van der Waals surface area contributed by atoms with Crippen LogP contribution in [0.5, 0.6) is 5.75 Å². The minimum Gasteiger partial charge on any atom is -0.485 e. The van der Waals surface area contributed by atoms with Crippen LogP contribution in [0.25, 0.3) is 0 Å². The molecule has 0 aliphatic carbocycles. The number of hydrogen-bond acceptors (Lipinski definition) is 10. The first-order chi connectivity index (χ1) is 24.6. The highest BCUT2D eigenvalue weighted by molar-refractivity contribution is 7.11. The van der Waals surface area contributed by atoms with E-state index in [9.17, 15) is 19.2 Å². The van der Waals surface area contributed by atoms with E-state index in [2.05, 4.69) is 25.8 Å². The molecule has 14 heteroatoms. The predicted molar refractivity (Wildman–Crippen MR) is 192 cm³/mol. The zero-order chi connectivity index (χ0) is 36.3. The highest BCUT2D eigenvalue weighted by Crippen LogP contribution is 2.25. The van der Waals surface area contributed by atoms with Gasteiger partial charge in [-0.3, -0.25) is 19.2 Å². The molecule has 1 saturated heterocycles. The fraction of sp³-hybridized carbons (Fsp3) is 0.595. The van der Waals surface area contributed by atoms with Gasteiger partial charge in [0.25, 0.3) is 5.91 Å². The Morgan fingerprint density at radius 1 is 1.00 bits per heavy atom. The van der Waals surface area contributed by atoms with E-state index in [1.54, 1.807) is 42.4 Å². The minimum atomic E-state index is -0.873. The second-order valence-corrected chi connectivity index (χ2v) is 15.2. The van der Waals surface area contributed by atoms with E-state index in [-0.39, 0.29) is 35.8 Å². The summed E-state index contributed by atoms with van der Waals surface area (Å²) in [7, 11) is 1.65. The van der Waals surface area contributed by atoms with Gasteiger partial charge in [0.05, 0.1) is 10.6 Å². The molecule has 5 rings (SSSR count). The first-order valence-corrected chi connectivity index (χ1v) is 19.0. The minimum absolute atomic E-state index is 0.0212. The Balaban J connectivity index is 1.39. The number of rotatable bonds is 4. The molecule has 1 aromatic carbocycles. The van der Waals surface area contributed by atoms with Gasteiger partial charge in [0.2, 0.25) is 29.4 Å². The third kappa shape index (κ3) is 10.4. The zero-order valence-electron chi connectivity index (χ0n) is 30.2. The monoisotopic (exact) mass is 721 g/mol. The van der Waals surface area contributed by atoms with Crippen LogP contribution in [-0.2, 0) is 33.8 Å². The van der Waals surface area contributed by atoms with Crippen molar-refractivity contribution in [2.75, 3.05) is 20.1 Å². The van der Waals surface area contributed by atoms with E-state index in [1.807, 2.05) is 20.8 Å². The molecule has 2 N–H and O–H groups in total. The molecule has 3 atom stereocenters. The second kappa shape index (κ2) is 18.2. The second-order valence-electron chi connectivity index (χ2n) is 13.9. The zero-order valence-corrected chi connectivity index (χ0v) is 31.0. The van der Waals surface area contributed by atoms with E-state index >= 15 is 0 Å². The van der Waals surface area contributed by atoms with E-state index in [1.165, 1.54) is 16.2 Å². The van der Waals surface area contributed by atoms with Gasteiger partial charge in [0, 0.05) is 44.1 Å². The largest absolute Gasteiger partial charge is 0.485 e. The number of fused-ring (bicyclic) bond motifs is 4. The van der Waals surface area contributed by atoms with Crippen LogP contribution in [0.1, 0.15) is 104 Å². The number of carbonyl (C=O) groups excluding carboxylic acids is 4. The Bertz CT molecular complexity index is 1640. The van der Waals surface area contributed by atoms with Crippen molar-refractivity contribution < 1.29 is 28.4 Å². The number of nitrogens with zero attached hydrogens (tertiary/aromatic N) is 5. The van der Waals surface area contributed by atoms with Crippen LogP contribution in [0.3, 0.4) is 0 Å². The van der Waals surface area contributed by atoms with Crippen molar-refractivity contribution in [1.82, 2.24) is 35.6 Å². The lowest BCUT2D eigenvalue weighted by Gasteiger charge is -2.34. The third-order valence-corrected chi connectivity index (χ3v) is 10.4. The Morgan fingerprint density at radius 3 is 2.53 bits per heavy atom. The fourth-order valence-corrected chi connectivity index (χ4v) is 7.54. The molecule has 13 nitrogen and oxygen atoms in total. The van der Waals surface area contributed by atoms with Gasteiger partial charge in [-0.05, 0) is 57.1 Å². The number of nitrogens with one attached hydrogen (secondary N) is 2. The Hall–Kier alpha value is -4.33. The molecule has 2 aromatic heterocycles. The number of thiazole rings is 1. The number of para-hydroxylation sites is 1. The van der Waals surface area contributed by atoms with E-state index in [0.717, 1.165) is 48.4 Å². The van der Waals surface area contributed by atoms with Gasteiger partial charge in [-0.2, -0.15) is 4.98 Å². The predicted octanol–water partition coefficient (Wildman–Crippen LogP) is 4.63. The number of likely N-dealkylation sites (N-methyl/N-ethyl adjacent to an activating group) is 1. The van der Waals surface area contributed by atoms with Gasteiger partial charge < -0.3 is 29.7 Å². The fourth-order valence-electron chi connectivity index (χ4n) is 6.71. The van der Waals surface area contributed by atoms with Crippen molar-refractivity contribution in [2.45, 2.75) is 116 Å². The molecular weight excluding hydrogens is 671 g/mol. The van der Waals surface area contributed by atoms with Gasteiger partial charge in [-0.25, -0.2) is 4.98 Å². The van der Waals surface area contributed by atoms with Gasteiger partial charge in [0.1, 0.15) is 23.9 Å². The lowest BCUT2D eigenvalue weighted by Crippen LogP contribution is -2.57. The Labute approximate surface area is 303 Å². The summed E-state index contributed by atoms with van der Waals surface area (Å²) in [6.07, 6.45) is 10.1. The topological polar surface area (TPSA) is 160 Å². The summed E-state index contributed by atoms with van der Waals surface area (Å²) in [6.45, 7) is 6.79. The van der Waals surface area contributed by atoms with E-state index in [0.29, 0.717) is 62.7 Å². The first kappa shape index (κ1) is 37.9. The maximum absolute atomic E-state index is 14.2. The van der Waals surface area contributed by atoms with Crippen LogP contribution >= 0.6 is 11.3 Å². The van der Waals surface area contributed by atoms with Crippen molar-refractivity contribution in [1.29, 1.82) is 0 Å². The molecule has 3 aromatic rings. The van der Waals surface area contributed by atoms with Crippen LogP contribution in [0, 0.1) is 12.8 Å². The lowest BCUT2D eigenvalue weighted by molar-refractivity contribution is -0.147. The molecule has 1 fully saturated rings. The number of hydrogen-bond donors (Lipinski definition) is 2. The van der Waals surface area contributed by atoms with Gasteiger partial charge >= 0.3 is 0 Å². The molecule has 51 heavy (non-hydrogen) atoms. The van der Waals surface area contributed by atoms with Crippen LogP contribution in [0.4, 0.5) is 0 Å². The molecule has 2 aliphatic rings. The summed E-state index contributed by atoms with van der Waals surface area (Å²) in [5.74, 6) is 0.0424. The van der Waals surface area contributed by atoms with Crippen LogP contribution in [0.2, 0.25) is 0 Å². The summed E-state index contributed by atoms with van der Waals surface area (Å²) >= 11 is 1.50. The highest BCUT2D eigenvalue weighted by atomic mass is 32.1. The van der Waals surface area contributed by atoms with Gasteiger partial charge in [-0.1, -0.05) is 56.8 Å². The van der Waals surface area contributed by atoms with Gasteiger partial charge in [0.15, 0.2) is 6.61 Å². The van der Waals surface area contributed by atoms with Crippen LogP contribution in [0.15, 0.2) is 35.0 Å². The van der Waals surface area contributed by atoms with Crippen molar-refractivity contribution in [3.63, 3.8) is 0 Å². The molecule has 4 heterocycles. The maximum Gasteiger partial charge on any atom is 0.255 e. The molecule has 0 radical (unpaired) electrons. The summed E-state index contributed by atoms with van der Waals surface area (Å²) in [5, 5.41) is 11.0. The standard InChI is InChI=1S/C37H51N7O6S/c1-24(2)20-28-36(47)44-19-13-15-29(44)37(48)43(4)30(21-26-22-39-25(3)51-26)35(46)38-18-12-8-6-5-7-9-17-33-41-32(42-50-33)23-49-31-16-11-10-14-27(31)34(45)40-28/h10-11,14,16,22,24,28-30H,5-9,12-13,15,17-21,23H2,1-4H3,(H,38,46)(H,40,45)/t28-,29-,30+/m1/s1. The van der Waals surface area contributed by atoms with Crippen LogP contribution in [-0.4, -0.2) is 86.8 Å². The van der Waals surface area contributed by atoms with E-state index in [4.69, 9.17) is 9.26 Å². The maximum atomic E-state index is 14.2. The van der Waals surface area contributed by atoms with Gasteiger partial charge in [-0.15, -0.1) is 11.3 Å². The Kier molecular flexibility index (Phi) is 13.6. The van der Waals surface area contributed by atoms with Crippen molar-refractivity contribution >= 4 is 35.0 Å². The quantitative estimate of drug-likeness (QED) is 0.392. The third-order valence-electron chi connectivity index (χ3n) is 9.43. The summed E-state index contributed by atoms with van der Waals surface area (Å²) in [6, 6.07) is 4.45. The highest BCUT2D eigenvalue weighted by Gasteiger charge is 2.41. The van der Waals surface area contributed by atoms with Crippen molar-refractivity contribution in [2.24, 2.45) is 5.92 Å². The molecule has 0 saturated carbocycles. The molecule has 276 valence electrons. The van der Waals surface area contributed by atoms with E-state index < -0.39 is 24.0 Å². The molecule has 0 spiro atoms. The molecule has 0 unspecified atom stereocenters. The Morgan fingerprint density at radius 2 is 1.76 bits per heavy atom. The number of aromatic nitrogens is 3. The van der Waals surface area contributed by atoms with Crippen molar-refractivity contribution in [3.05, 3.63) is 57.6 Å². The van der Waals surface area contributed by atoms with Crippen LogP contribution < -0.4 is 15.4 Å². The molecule has 2 aliphatic heterocycles. The average molecular weight is 722 g/mol. The number of carbonyl (C=O) groups is 4. The number of ether oxygens (including phenoxy) is 1. The number of amides is 4. The number of aryl methyl sites for hydroxylation is 2. The normalized spacial score (nSPS) is 22.3. The smallest absolute Gasteiger partial charge is 0.255 e.